The van der Waals surface area contributed by atoms with Gasteiger partial charge in [0.15, 0.2) is 5.75 Å². The molecule has 0 saturated carbocycles. The number of rotatable bonds is 11. The van der Waals surface area contributed by atoms with Gasteiger partial charge in [0.25, 0.3) is 11.5 Å². The fourth-order valence-corrected chi connectivity index (χ4v) is 5.16. The maximum Gasteiger partial charge on any atom is 0.490 e. The SMILES string of the molecule is CCCCn1c(=O)c2c(OC)c(C(=O)NCCCN(CC)CC)sc2c2ccccc21.O=C(O)C(F)(F)F. The van der Waals surface area contributed by atoms with Crippen molar-refractivity contribution in [2.24, 2.45) is 0 Å². The number of methoxy groups -OCH3 is 1. The molecule has 1 aromatic carbocycles. The number of fused-ring (bicyclic) bond motifs is 3. The summed E-state index contributed by atoms with van der Waals surface area (Å²) >= 11 is 1.35. The number of hydrogen-bond acceptors (Lipinski definition) is 6. The highest BCUT2D eigenvalue weighted by Gasteiger charge is 2.38. The molecule has 0 bridgehead atoms. The molecule has 0 saturated heterocycles. The Kier molecular flexibility index (Phi) is 11.6. The van der Waals surface area contributed by atoms with Gasteiger partial charge in [0.05, 0.1) is 17.3 Å². The number of unbranched alkanes of at least 4 members (excludes halogenated alkanes) is 1. The second kappa shape index (κ2) is 14.1. The molecule has 0 atom stereocenters. The van der Waals surface area contributed by atoms with E-state index < -0.39 is 12.1 Å². The van der Waals surface area contributed by atoms with Gasteiger partial charge in [0.1, 0.15) is 10.3 Å². The number of para-hydroxylation sites is 1. The van der Waals surface area contributed by atoms with Gasteiger partial charge in [0, 0.05) is 18.5 Å². The minimum absolute atomic E-state index is 0.0872. The van der Waals surface area contributed by atoms with Crippen LogP contribution in [0.2, 0.25) is 0 Å². The molecule has 3 aromatic rings. The highest BCUT2D eigenvalue weighted by Crippen LogP contribution is 2.39. The Morgan fingerprint density at radius 1 is 1.13 bits per heavy atom. The number of alkyl halides is 3. The van der Waals surface area contributed by atoms with E-state index in [2.05, 4.69) is 31.0 Å². The zero-order valence-corrected chi connectivity index (χ0v) is 22.8. The van der Waals surface area contributed by atoms with Gasteiger partial charge in [-0.15, -0.1) is 11.3 Å². The average molecular weight is 558 g/mol. The summed E-state index contributed by atoms with van der Waals surface area (Å²) in [6, 6.07) is 7.91. The number of aromatic nitrogens is 1. The summed E-state index contributed by atoms with van der Waals surface area (Å²) in [4.78, 5) is 38.1. The van der Waals surface area contributed by atoms with Gasteiger partial charge in [-0.3, -0.25) is 9.59 Å². The second-order valence-corrected chi connectivity index (χ2v) is 9.46. The highest BCUT2D eigenvalue weighted by atomic mass is 32.1. The molecule has 8 nitrogen and oxygen atoms in total. The molecule has 0 spiro atoms. The van der Waals surface area contributed by atoms with Crippen molar-refractivity contribution in [3.8, 4) is 5.75 Å². The second-order valence-electron chi connectivity index (χ2n) is 8.44. The molecule has 2 N–H and O–H groups in total. The van der Waals surface area contributed by atoms with Crippen LogP contribution >= 0.6 is 11.3 Å². The number of ether oxygens (including phenoxy) is 1. The van der Waals surface area contributed by atoms with E-state index in [1.54, 1.807) is 0 Å². The first-order chi connectivity index (χ1) is 18.0. The molecule has 0 fully saturated rings. The largest absolute Gasteiger partial charge is 0.494 e. The summed E-state index contributed by atoms with van der Waals surface area (Å²) in [6.07, 6.45) is -2.28. The number of carbonyl (C=O) groups is 2. The van der Waals surface area contributed by atoms with E-state index in [4.69, 9.17) is 14.6 Å². The van der Waals surface area contributed by atoms with Crippen LogP contribution in [-0.2, 0) is 11.3 Å². The first-order valence-corrected chi connectivity index (χ1v) is 13.3. The van der Waals surface area contributed by atoms with Crippen LogP contribution in [0.1, 0.15) is 49.7 Å². The maximum atomic E-state index is 13.4. The van der Waals surface area contributed by atoms with Crippen LogP contribution < -0.4 is 15.6 Å². The van der Waals surface area contributed by atoms with Gasteiger partial charge in [0.2, 0.25) is 0 Å². The van der Waals surface area contributed by atoms with Crippen LogP contribution in [0, 0.1) is 0 Å². The third-order valence-corrected chi connectivity index (χ3v) is 7.19. The number of hydrogen-bond donors (Lipinski definition) is 2. The number of aliphatic carboxylic acids is 1. The van der Waals surface area contributed by atoms with Crippen molar-refractivity contribution >= 4 is 44.2 Å². The molecule has 0 aliphatic rings. The van der Waals surface area contributed by atoms with Gasteiger partial charge < -0.3 is 24.6 Å². The molecule has 3 rings (SSSR count). The summed E-state index contributed by atoms with van der Waals surface area (Å²) in [7, 11) is 1.53. The van der Waals surface area contributed by atoms with Gasteiger partial charge in [-0.1, -0.05) is 45.4 Å². The van der Waals surface area contributed by atoms with Crippen LogP contribution in [0.25, 0.3) is 21.0 Å². The number of benzene rings is 1. The number of thiophene rings is 1. The fourth-order valence-electron chi connectivity index (χ4n) is 3.95. The first kappa shape index (κ1) is 31.1. The number of carboxylic acids is 1. The zero-order chi connectivity index (χ0) is 28.5. The highest BCUT2D eigenvalue weighted by molar-refractivity contribution is 7.22. The van der Waals surface area contributed by atoms with E-state index in [-0.39, 0.29) is 11.5 Å². The minimum Gasteiger partial charge on any atom is -0.494 e. The standard InChI is InChI=1S/C24H33N3O3S.C2HF3O2/c1-5-8-16-27-18-13-10-9-12-17(18)21-19(24(27)29)20(30-4)22(31-21)23(28)25-14-11-15-26(6-2)7-3;3-2(4,5)1(6)7/h9-10,12-13H,5-8,11,14-16H2,1-4H3,(H,25,28);(H,6,7). The van der Waals surface area contributed by atoms with Gasteiger partial charge in [-0.25, -0.2) is 4.79 Å². The normalized spacial score (nSPS) is 11.5. The lowest BCUT2D eigenvalue weighted by atomic mass is 10.1. The summed E-state index contributed by atoms with van der Waals surface area (Å²) in [5.41, 5.74) is 0.819. The van der Waals surface area contributed by atoms with E-state index in [1.165, 1.54) is 18.4 Å². The van der Waals surface area contributed by atoms with E-state index in [0.29, 0.717) is 29.1 Å². The fraction of sp³-hybridized carbons (Fsp3) is 0.500. The zero-order valence-electron chi connectivity index (χ0n) is 22.0. The Labute approximate surface area is 223 Å². The number of aryl methyl sites for hydroxylation is 1. The van der Waals surface area contributed by atoms with Gasteiger partial charge in [-0.05, 0) is 38.5 Å². The first-order valence-electron chi connectivity index (χ1n) is 12.4. The van der Waals surface area contributed by atoms with E-state index in [9.17, 15) is 22.8 Å². The molecule has 38 heavy (non-hydrogen) atoms. The Bertz CT molecular complexity index is 1300. The van der Waals surface area contributed by atoms with Crippen LogP contribution in [0.3, 0.4) is 0 Å². The number of nitrogens with zero attached hydrogens (tertiary/aromatic N) is 2. The predicted octanol–water partition coefficient (Wildman–Crippen LogP) is 5.12. The lowest BCUT2D eigenvalue weighted by molar-refractivity contribution is -0.192. The summed E-state index contributed by atoms with van der Waals surface area (Å²) in [5, 5.41) is 11.6. The molecule has 12 heteroatoms. The average Bonchev–Trinajstić information content (AvgIpc) is 3.29. The van der Waals surface area contributed by atoms with Crippen molar-refractivity contribution < 1.29 is 32.6 Å². The van der Waals surface area contributed by atoms with Crippen molar-refractivity contribution in [1.82, 2.24) is 14.8 Å². The number of carboxylic acid groups (broad SMARTS) is 1. The maximum absolute atomic E-state index is 13.4. The van der Waals surface area contributed by atoms with Crippen LogP contribution in [-0.4, -0.2) is 65.9 Å². The van der Waals surface area contributed by atoms with Gasteiger partial charge in [-0.2, -0.15) is 13.2 Å². The summed E-state index contributed by atoms with van der Waals surface area (Å²) in [6.45, 7) is 10.6. The van der Waals surface area contributed by atoms with E-state index >= 15 is 0 Å². The molecular weight excluding hydrogens is 523 g/mol. The topological polar surface area (TPSA) is 101 Å². The van der Waals surface area contributed by atoms with Crippen molar-refractivity contribution in [1.29, 1.82) is 0 Å². The summed E-state index contributed by atoms with van der Waals surface area (Å²) in [5.74, 6) is -2.55. The molecule has 0 aliphatic carbocycles. The van der Waals surface area contributed by atoms with E-state index in [0.717, 1.165) is 54.5 Å². The van der Waals surface area contributed by atoms with Gasteiger partial charge >= 0.3 is 12.1 Å². The number of amides is 1. The Balaban J connectivity index is 0.000000638. The lowest BCUT2D eigenvalue weighted by Gasteiger charge is -2.17. The molecule has 0 unspecified atom stereocenters. The monoisotopic (exact) mass is 557 g/mol. The van der Waals surface area contributed by atoms with Crippen molar-refractivity contribution in [3.63, 3.8) is 0 Å². The number of pyridine rings is 1. The van der Waals surface area contributed by atoms with Crippen molar-refractivity contribution in [3.05, 3.63) is 39.5 Å². The smallest absolute Gasteiger partial charge is 0.490 e. The number of carbonyl (C=O) groups excluding carboxylic acids is 1. The Morgan fingerprint density at radius 2 is 1.76 bits per heavy atom. The van der Waals surface area contributed by atoms with Crippen molar-refractivity contribution in [2.75, 3.05) is 33.3 Å². The summed E-state index contributed by atoms with van der Waals surface area (Å²) < 4.78 is 40.0. The predicted molar refractivity (Wildman–Crippen MR) is 143 cm³/mol. The molecule has 0 radical (unpaired) electrons. The number of halogens is 3. The quantitative estimate of drug-likeness (QED) is 0.318. The Morgan fingerprint density at radius 3 is 2.32 bits per heavy atom. The van der Waals surface area contributed by atoms with Crippen LogP contribution in [0.5, 0.6) is 5.75 Å². The molecule has 2 heterocycles. The van der Waals surface area contributed by atoms with Crippen LogP contribution in [0.4, 0.5) is 13.2 Å². The molecule has 210 valence electrons. The molecule has 0 aliphatic heterocycles. The molecule has 2 aromatic heterocycles. The molecular formula is C26H34F3N3O5S. The lowest BCUT2D eigenvalue weighted by Crippen LogP contribution is -2.29. The van der Waals surface area contributed by atoms with E-state index in [1.807, 2.05) is 28.8 Å². The third-order valence-electron chi connectivity index (χ3n) is 5.98. The molecule has 1 amide bonds. The Hall–Kier alpha value is -3.12. The van der Waals surface area contributed by atoms with Crippen molar-refractivity contribution in [2.45, 2.75) is 52.8 Å². The third kappa shape index (κ3) is 7.47. The minimum atomic E-state index is -5.08. The van der Waals surface area contributed by atoms with Crippen LogP contribution in [0.15, 0.2) is 29.1 Å². The number of nitrogens with one attached hydrogen (secondary N) is 1.